The van der Waals surface area contributed by atoms with Gasteiger partial charge in [0.15, 0.2) is 6.61 Å². The molecule has 2 aromatic carbocycles. The number of esters is 1. The van der Waals surface area contributed by atoms with Crippen molar-refractivity contribution in [1.29, 1.82) is 0 Å². The van der Waals surface area contributed by atoms with E-state index in [9.17, 15) is 9.59 Å². The van der Waals surface area contributed by atoms with E-state index in [2.05, 4.69) is 5.32 Å². The van der Waals surface area contributed by atoms with Gasteiger partial charge in [-0.2, -0.15) is 0 Å². The summed E-state index contributed by atoms with van der Waals surface area (Å²) in [6.45, 7) is 1.91. The second-order valence-corrected chi connectivity index (χ2v) is 5.56. The zero-order valence-corrected chi connectivity index (χ0v) is 16.1. The van der Waals surface area contributed by atoms with Gasteiger partial charge in [-0.15, -0.1) is 0 Å². The molecule has 0 heterocycles. The smallest absolute Gasteiger partial charge is 0.331 e. The van der Waals surface area contributed by atoms with Crippen molar-refractivity contribution in [3.05, 3.63) is 54.1 Å². The molecule has 0 atom stereocenters. The molecule has 0 saturated carbocycles. The number of amides is 1. The van der Waals surface area contributed by atoms with Crippen LogP contribution in [0, 0.1) is 0 Å². The van der Waals surface area contributed by atoms with Crippen LogP contribution in [0.15, 0.2) is 48.5 Å². The molecule has 0 unspecified atom stereocenters. The van der Waals surface area contributed by atoms with Crippen molar-refractivity contribution in [3.8, 4) is 17.2 Å². The summed E-state index contributed by atoms with van der Waals surface area (Å²) in [6.07, 6.45) is 2.78. The van der Waals surface area contributed by atoms with Gasteiger partial charge in [0, 0.05) is 12.1 Å². The van der Waals surface area contributed by atoms with Gasteiger partial charge < -0.3 is 24.3 Å². The Morgan fingerprint density at radius 1 is 1.04 bits per heavy atom. The second-order valence-electron chi connectivity index (χ2n) is 5.56. The molecule has 148 valence electrons. The summed E-state index contributed by atoms with van der Waals surface area (Å²) in [5.41, 5.74) is 1.22. The van der Waals surface area contributed by atoms with E-state index in [1.807, 2.05) is 6.92 Å². The third-order valence-corrected chi connectivity index (χ3v) is 3.59. The number of rotatable bonds is 9. The third-order valence-electron chi connectivity index (χ3n) is 3.59. The number of ether oxygens (including phenoxy) is 4. The van der Waals surface area contributed by atoms with Gasteiger partial charge in [-0.1, -0.05) is 12.1 Å². The number of methoxy groups -OCH3 is 2. The van der Waals surface area contributed by atoms with Crippen LogP contribution in [0.3, 0.4) is 0 Å². The zero-order valence-electron chi connectivity index (χ0n) is 16.1. The van der Waals surface area contributed by atoms with Crippen LogP contribution in [0.25, 0.3) is 6.08 Å². The molecule has 7 nitrogen and oxygen atoms in total. The Balaban J connectivity index is 1.90. The number of hydrogen-bond acceptors (Lipinski definition) is 6. The number of carbonyl (C=O) groups excluding carboxylic acids is 2. The van der Waals surface area contributed by atoms with E-state index in [-0.39, 0.29) is 0 Å². The Labute approximate surface area is 163 Å². The molecule has 28 heavy (non-hydrogen) atoms. The van der Waals surface area contributed by atoms with Crippen molar-refractivity contribution in [3.63, 3.8) is 0 Å². The summed E-state index contributed by atoms with van der Waals surface area (Å²) in [5, 5.41) is 2.66. The Morgan fingerprint density at radius 2 is 1.71 bits per heavy atom. The number of benzene rings is 2. The topological polar surface area (TPSA) is 83.1 Å². The number of nitrogens with one attached hydrogen (secondary N) is 1. The Kier molecular flexibility index (Phi) is 7.90. The minimum atomic E-state index is -0.643. The quantitative estimate of drug-likeness (QED) is 0.527. The average Bonchev–Trinajstić information content (AvgIpc) is 2.72. The van der Waals surface area contributed by atoms with Gasteiger partial charge in [0.05, 0.1) is 26.5 Å². The van der Waals surface area contributed by atoms with E-state index in [0.29, 0.717) is 35.1 Å². The van der Waals surface area contributed by atoms with Gasteiger partial charge in [0.2, 0.25) is 0 Å². The Hall–Kier alpha value is -3.48. The summed E-state index contributed by atoms with van der Waals surface area (Å²) in [4.78, 5) is 23.9. The lowest BCUT2D eigenvalue weighted by molar-refractivity contribution is -0.142. The van der Waals surface area contributed by atoms with Gasteiger partial charge in [-0.25, -0.2) is 4.79 Å². The number of hydrogen-bond donors (Lipinski definition) is 1. The first-order chi connectivity index (χ1) is 13.5. The van der Waals surface area contributed by atoms with Crippen LogP contribution in [0.2, 0.25) is 0 Å². The first-order valence-corrected chi connectivity index (χ1v) is 8.65. The van der Waals surface area contributed by atoms with Crippen LogP contribution in [0.4, 0.5) is 5.69 Å². The lowest BCUT2D eigenvalue weighted by Gasteiger charge is -2.11. The average molecular weight is 385 g/mol. The zero-order chi connectivity index (χ0) is 20.4. The van der Waals surface area contributed by atoms with Crippen LogP contribution in [-0.4, -0.2) is 39.3 Å². The SMILES string of the molecule is CCOc1ccccc1NC(=O)COC(=O)/C=C/c1cc(OC)cc(OC)c1. The molecule has 2 rings (SSSR count). The summed E-state index contributed by atoms with van der Waals surface area (Å²) >= 11 is 0. The monoisotopic (exact) mass is 385 g/mol. The predicted octanol–water partition coefficient (Wildman–Crippen LogP) is 3.30. The first kappa shape index (κ1) is 20.8. The minimum Gasteiger partial charge on any atom is -0.497 e. The fourth-order valence-electron chi connectivity index (χ4n) is 2.31. The van der Waals surface area contributed by atoms with Crippen molar-refractivity contribution in [2.45, 2.75) is 6.92 Å². The molecular formula is C21H23NO6. The standard InChI is InChI=1S/C21H23NO6/c1-4-27-19-8-6-5-7-18(19)22-20(23)14-28-21(24)10-9-15-11-16(25-2)13-17(12-15)26-3/h5-13H,4,14H2,1-3H3,(H,22,23)/b10-9+. The molecule has 0 saturated heterocycles. The predicted molar refractivity (Wildman–Crippen MR) is 106 cm³/mol. The van der Waals surface area contributed by atoms with Gasteiger partial charge in [-0.3, -0.25) is 4.79 Å². The molecular weight excluding hydrogens is 362 g/mol. The van der Waals surface area contributed by atoms with Crippen molar-refractivity contribution >= 4 is 23.6 Å². The van der Waals surface area contributed by atoms with Crippen LogP contribution < -0.4 is 19.5 Å². The fraction of sp³-hybridized carbons (Fsp3) is 0.238. The largest absolute Gasteiger partial charge is 0.497 e. The normalized spacial score (nSPS) is 10.4. The maximum Gasteiger partial charge on any atom is 0.331 e. The molecule has 7 heteroatoms. The highest BCUT2D eigenvalue weighted by Crippen LogP contribution is 2.24. The summed E-state index contributed by atoms with van der Waals surface area (Å²) < 4.78 is 20.8. The summed E-state index contributed by atoms with van der Waals surface area (Å²) in [7, 11) is 3.08. The molecule has 1 amide bonds. The molecule has 0 aliphatic carbocycles. The van der Waals surface area contributed by atoms with E-state index < -0.39 is 18.5 Å². The molecule has 2 aromatic rings. The highest BCUT2D eigenvalue weighted by atomic mass is 16.5. The molecule has 0 bridgehead atoms. The summed E-state index contributed by atoms with van der Waals surface area (Å²) in [6, 6.07) is 12.2. The lowest BCUT2D eigenvalue weighted by atomic mass is 10.2. The van der Waals surface area contributed by atoms with E-state index in [4.69, 9.17) is 18.9 Å². The fourth-order valence-corrected chi connectivity index (χ4v) is 2.31. The highest BCUT2D eigenvalue weighted by Gasteiger charge is 2.09. The third kappa shape index (κ3) is 6.35. The van der Waals surface area contributed by atoms with Gasteiger partial charge >= 0.3 is 5.97 Å². The minimum absolute atomic E-state index is 0.412. The van der Waals surface area contributed by atoms with E-state index in [1.165, 1.54) is 6.08 Å². The number of carbonyl (C=O) groups is 2. The molecule has 0 spiro atoms. The molecule has 0 aliphatic rings. The van der Waals surface area contributed by atoms with Crippen molar-refractivity contribution < 1.29 is 28.5 Å². The highest BCUT2D eigenvalue weighted by molar-refractivity contribution is 5.95. The number of anilines is 1. The van der Waals surface area contributed by atoms with Crippen LogP contribution >= 0.6 is 0 Å². The lowest BCUT2D eigenvalue weighted by Crippen LogP contribution is -2.20. The number of para-hydroxylation sites is 2. The molecule has 0 aliphatic heterocycles. The second kappa shape index (κ2) is 10.6. The maximum atomic E-state index is 12.0. The molecule has 0 aromatic heterocycles. The van der Waals surface area contributed by atoms with Gasteiger partial charge in [0.1, 0.15) is 17.2 Å². The molecule has 0 radical (unpaired) electrons. The van der Waals surface area contributed by atoms with Crippen LogP contribution in [0.1, 0.15) is 12.5 Å². The van der Waals surface area contributed by atoms with Crippen molar-refractivity contribution in [2.24, 2.45) is 0 Å². The van der Waals surface area contributed by atoms with Gasteiger partial charge in [-0.05, 0) is 42.8 Å². The van der Waals surface area contributed by atoms with E-state index in [1.54, 1.807) is 62.8 Å². The van der Waals surface area contributed by atoms with Crippen molar-refractivity contribution in [1.82, 2.24) is 0 Å². The molecule has 0 fully saturated rings. The Bertz CT molecular complexity index is 824. The van der Waals surface area contributed by atoms with E-state index >= 15 is 0 Å². The first-order valence-electron chi connectivity index (χ1n) is 8.65. The van der Waals surface area contributed by atoms with Crippen molar-refractivity contribution in [2.75, 3.05) is 32.8 Å². The Morgan fingerprint density at radius 3 is 2.36 bits per heavy atom. The summed E-state index contributed by atoms with van der Waals surface area (Å²) in [5.74, 6) is 0.642. The molecule has 1 N–H and O–H groups in total. The van der Waals surface area contributed by atoms with Crippen LogP contribution in [-0.2, 0) is 14.3 Å². The van der Waals surface area contributed by atoms with Crippen LogP contribution in [0.5, 0.6) is 17.2 Å². The van der Waals surface area contributed by atoms with E-state index in [0.717, 1.165) is 0 Å². The van der Waals surface area contributed by atoms with Gasteiger partial charge in [0.25, 0.3) is 5.91 Å². The maximum absolute atomic E-state index is 12.0.